The molecule has 1 fully saturated rings. The SMILES string of the molecule is CSCCn1cc(CN2CCC3(CC2F)OCCc2cc(Cl)sc23)cn1. The fourth-order valence-electron chi connectivity index (χ4n) is 3.90. The summed E-state index contributed by atoms with van der Waals surface area (Å²) >= 11 is 9.56. The molecule has 0 aliphatic carbocycles. The lowest BCUT2D eigenvalue weighted by molar-refractivity contribution is -0.135. The number of aryl methyl sites for hydroxylation is 1. The quantitative estimate of drug-likeness (QED) is 0.680. The number of nitrogens with zero attached hydrogens (tertiary/aromatic N) is 3. The Kier molecular flexibility index (Phi) is 5.62. The van der Waals surface area contributed by atoms with Crippen molar-refractivity contribution >= 4 is 34.7 Å². The maximum Gasteiger partial charge on any atom is 0.157 e. The lowest BCUT2D eigenvalue weighted by Gasteiger charge is -2.45. The number of fused-ring (bicyclic) bond motifs is 2. The van der Waals surface area contributed by atoms with E-state index >= 15 is 4.39 Å². The van der Waals surface area contributed by atoms with Crippen molar-refractivity contribution in [3.8, 4) is 0 Å². The van der Waals surface area contributed by atoms with Gasteiger partial charge in [0.15, 0.2) is 6.30 Å². The van der Waals surface area contributed by atoms with E-state index in [1.807, 2.05) is 28.0 Å². The van der Waals surface area contributed by atoms with Gasteiger partial charge >= 0.3 is 0 Å². The van der Waals surface area contributed by atoms with E-state index in [2.05, 4.69) is 11.4 Å². The monoisotopic (exact) mass is 415 g/mol. The molecule has 2 atom stereocenters. The molecule has 0 aromatic carbocycles. The third-order valence-electron chi connectivity index (χ3n) is 5.24. The fourth-order valence-corrected chi connectivity index (χ4v) is 5.75. The molecule has 2 aliphatic rings. The molecule has 0 N–H and O–H groups in total. The second kappa shape index (κ2) is 7.80. The van der Waals surface area contributed by atoms with Gasteiger partial charge in [-0.05, 0) is 30.7 Å². The van der Waals surface area contributed by atoms with Crippen LogP contribution in [0.3, 0.4) is 0 Å². The van der Waals surface area contributed by atoms with Gasteiger partial charge in [-0.15, -0.1) is 11.3 Å². The Balaban J connectivity index is 1.43. The maximum atomic E-state index is 15.1. The van der Waals surface area contributed by atoms with Crippen LogP contribution < -0.4 is 0 Å². The van der Waals surface area contributed by atoms with Crippen LogP contribution in [0.2, 0.25) is 4.34 Å². The minimum absolute atomic E-state index is 0.372. The zero-order chi connectivity index (χ0) is 18.1. The minimum atomic E-state index is -1.02. The zero-order valence-electron chi connectivity index (χ0n) is 14.8. The van der Waals surface area contributed by atoms with E-state index in [0.29, 0.717) is 26.1 Å². The van der Waals surface area contributed by atoms with Gasteiger partial charge in [0.05, 0.1) is 17.1 Å². The number of thiophene rings is 1. The Labute approximate surface area is 166 Å². The molecule has 1 saturated heterocycles. The van der Waals surface area contributed by atoms with Gasteiger partial charge in [-0.1, -0.05) is 11.6 Å². The van der Waals surface area contributed by atoms with Crippen molar-refractivity contribution in [1.82, 2.24) is 14.7 Å². The number of thioether (sulfide) groups is 1. The highest BCUT2D eigenvalue weighted by Gasteiger charge is 2.46. The first-order chi connectivity index (χ1) is 12.6. The molecular formula is C18H23ClFN3OS2. The van der Waals surface area contributed by atoms with Gasteiger partial charge in [-0.3, -0.25) is 9.58 Å². The molecule has 2 unspecified atom stereocenters. The van der Waals surface area contributed by atoms with Crippen molar-refractivity contribution in [2.24, 2.45) is 0 Å². The summed E-state index contributed by atoms with van der Waals surface area (Å²) in [6.45, 7) is 2.80. The van der Waals surface area contributed by atoms with Gasteiger partial charge in [0, 0.05) is 48.4 Å². The zero-order valence-corrected chi connectivity index (χ0v) is 17.2. The fraction of sp³-hybridized carbons (Fsp3) is 0.611. The van der Waals surface area contributed by atoms with Crippen molar-refractivity contribution in [1.29, 1.82) is 0 Å². The van der Waals surface area contributed by atoms with Crippen LogP contribution in [0.4, 0.5) is 4.39 Å². The molecule has 0 radical (unpaired) electrons. The Morgan fingerprint density at radius 3 is 3.23 bits per heavy atom. The summed E-state index contributed by atoms with van der Waals surface area (Å²) in [5.74, 6) is 1.03. The number of piperidine rings is 1. The van der Waals surface area contributed by atoms with Crippen LogP contribution in [0.5, 0.6) is 0 Å². The van der Waals surface area contributed by atoms with E-state index in [-0.39, 0.29) is 0 Å². The Hall–Kier alpha value is -0.600. The van der Waals surface area contributed by atoms with E-state index in [1.165, 1.54) is 5.56 Å². The van der Waals surface area contributed by atoms with E-state index < -0.39 is 11.9 Å². The lowest BCUT2D eigenvalue weighted by Crippen LogP contribution is -2.49. The third-order valence-corrected chi connectivity index (χ3v) is 7.32. The molecule has 8 heteroatoms. The van der Waals surface area contributed by atoms with Crippen LogP contribution in [0, 0.1) is 0 Å². The third kappa shape index (κ3) is 3.69. The average Bonchev–Trinajstić information content (AvgIpc) is 3.22. The standard InChI is InChI=1S/C18H23ClFN3OS2/c1-25-7-5-23-12-13(10-21-23)11-22-4-3-18(9-16(22)20)17-14(2-6-24-18)8-15(19)26-17/h8,10,12,16H,2-7,9,11H2,1H3. The molecule has 4 nitrogen and oxygen atoms in total. The summed E-state index contributed by atoms with van der Waals surface area (Å²) in [4.78, 5) is 3.04. The Morgan fingerprint density at radius 2 is 2.42 bits per heavy atom. The number of alkyl halides is 1. The van der Waals surface area contributed by atoms with Crippen molar-refractivity contribution in [3.05, 3.63) is 38.8 Å². The summed E-state index contributed by atoms with van der Waals surface area (Å²) in [6.07, 6.45) is 6.99. The van der Waals surface area contributed by atoms with Crippen molar-refractivity contribution < 1.29 is 9.13 Å². The summed E-state index contributed by atoms with van der Waals surface area (Å²) in [5, 5.41) is 4.38. The van der Waals surface area contributed by atoms with Crippen LogP contribution >= 0.6 is 34.7 Å². The van der Waals surface area contributed by atoms with E-state index in [0.717, 1.165) is 39.9 Å². The normalized spacial score (nSPS) is 26.3. The topological polar surface area (TPSA) is 30.3 Å². The summed E-state index contributed by atoms with van der Waals surface area (Å²) < 4.78 is 23.9. The molecule has 0 amide bonds. The number of likely N-dealkylation sites (tertiary alicyclic amines) is 1. The van der Waals surface area contributed by atoms with Crippen molar-refractivity contribution in [2.75, 3.05) is 25.2 Å². The second-order valence-corrected chi connectivity index (χ2v) is 9.63. The first-order valence-corrected chi connectivity index (χ1v) is 11.5. The van der Waals surface area contributed by atoms with Crippen LogP contribution in [-0.2, 0) is 29.8 Å². The highest BCUT2D eigenvalue weighted by molar-refractivity contribution is 7.98. The summed E-state index contributed by atoms with van der Waals surface area (Å²) in [7, 11) is 0. The van der Waals surface area contributed by atoms with Gasteiger partial charge < -0.3 is 4.74 Å². The predicted molar refractivity (Wildman–Crippen MR) is 106 cm³/mol. The van der Waals surface area contributed by atoms with Crippen LogP contribution in [0.25, 0.3) is 0 Å². The largest absolute Gasteiger partial charge is 0.369 e. The first kappa shape index (κ1) is 18.7. The van der Waals surface area contributed by atoms with Gasteiger partial charge in [0.1, 0.15) is 5.60 Å². The highest BCUT2D eigenvalue weighted by atomic mass is 35.5. The Morgan fingerprint density at radius 1 is 1.54 bits per heavy atom. The molecular weight excluding hydrogens is 393 g/mol. The van der Waals surface area contributed by atoms with Crippen molar-refractivity contribution in [2.45, 2.75) is 44.2 Å². The van der Waals surface area contributed by atoms with Crippen LogP contribution in [-0.4, -0.2) is 46.1 Å². The highest BCUT2D eigenvalue weighted by Crippen LogP contribution is 2.48. The van der Waals surface area contributed by atoms with E-state index in [9.17, 15) is 0 Å². The number of ether oxygens (including phenoxy) is 1. The van der Waals surface area contributed by atoms with Crippen LogP contribution in [0.15, 0.2) is 18.5 Å². The smallest absolute Gasteiger partial charge is 0.157 e. The molecule has 142 valence electrons. The minimum Gasteiger partial charge on any atom is -0.369 e. The molecule has 4 heterocycles. The predicted octanol–water partition coefficient (Wildman–Crippen LogP) is 4.32. The van der Waals surface area contributed by atoms with Crippen molar-refractivity contribution in [3.63, 3.8) is 0 Å². The lowest BCUT2D eigenvalue weighted by atomic mass is 9.84. The van der Waals surface area contributed by atoms with Gasteiger partial charge in [0.2, 0.25) is 0 Å². The number of aromatic nitrogens is 2. The molecule has 0 bridgehead atoms. The molecule has 0 saturated carbocycles. The van der Waals surface area contributed by atoms with E-state index in [4.69, 9.17) is 16.3 Å². The van der Waals surface area contributed by atoms with Gasteiger partial charge in [0.25, 0.3) is 0 Å². The Bertz CT molecular complexity index is 767. The number of hydrogen-bond acceptors (Lipinski definition) is 5. The number of hydrogen-bond donors (Lipinski definition) is 0. The van der Waals surface area contributed by atoms with Gasteiger partial charge in [-0.2, -0.15) is 16.9 Å². The molecule has 2 aromatic rings. The average molecular weight is 416 g/mol. The molecule has 4 rings (SSSR count). The first-order valence-electron chi connectivity index (χ1n) is 8.91. The number of rotatable bonds is 5. The summed E-state index contributed by atoms with van der Waals surface area (Å²) in [5.41, 5.74) is 1.81. The molecule has 2 aliphatic heterocycles. The molecule has 1 spiro atoms. The van der Waals surface area contributed by atoms with Crippen LogP contribution in [0.1, 0.15) is 28.8 Å². The number of halogens is 2. The molecule has 26 heavy (non-hydrogen) atoms. The maximum absolute atomic E-state index is 15.1. The summed E-state index contributed by atoms with van der Waals surface area (Å²) in [6, 6.07) is 2.02. The second-order valence-electron chi connectivity index (χ2n) is 6.96. The van der Waals surface area contributed by atoms with E-state index in [1.54, 1.807) is 23.1 Å². The van der Waals surface area contributed by atoms with Gasteiger partial charge in [-0.25, -0.2) is 4.39 Å². The molecule has 2 aromatic heterocycles.